The maximum Gasteiger partial charge on any atom is 0.321 e. The van der Waals surface area contributed by atoms with Crippen molar-refractivity contribution in [3.05, 3.63) is 29.3 Å². The molecule has 4 nitrogen and oxygen atoms in total. The maximum absolute atomic E-state index is 11.4. The smallest absolute Gasteiger partial charge is 0.321 e. The Morgan fingerprint density at radius 3 is 2.93 bits per heavy atom. The topological polar surface area (TPSA) is 58.4 Å². The van der Waals surface area contributed by atoms with Crippen LogP contribution in [-0.4, -0.2) is 18.0 Å². The third kappa shape index (κ3) is 1.80. The van der Waals surface area contributed by atoms with Crippen molar-refractivity contribution in [1.29, 1.82) is 0 Å². The number of carbonyl (C=O) groups is 1. The molecule has 4 heteroatoms. The fourth-order valence-corrected chi connectivity index (χ4v) is 1.69. The lowest BCUT2D eigenvalue weighted by Crippen LogP contribution is -2.35. The number of hydrogen-bond acceptors (Lipinski definition) is 2. The second-order valence-corrected chi connectivity index (χ2v) is 3.99. The number of benzene rings is 1. The minimum atomic E-state index is -0.0592. The number of amides is 2. The Balaban J connectivity index is 2.37. The molecule has 1 heterocycles. The molecule has 2 amide bonds. The number of urea groups is 1. The zero-order chi connectivity index (χ0) is 11.0. The van der Waals surface area contributed by atoms with E-state index < -0.39 is 0 Å². The lowest BCUT2D eigenvalue weighted by atomic mass is 10.0. The number of anilines is 1. The van der Waals surface area contributed by atoms with Crippen LogP contribution < -0.4 is 11.1 Å². The van der Waals surface area contributed by atoms with Crippen LogP contribution in [-0.2, 0) is 6.54 Å². The number of nitrogens with zero attached hydrogens (tertiary/aromatic N) is 1. The van der Waals surface area contributed by atoms with Gasteiger partial charge in [0.2, 0.25) is 0 Å². The predicted octanol–water partition coefficient (Wildman–Crippen LogP) is 1.68. The van der Waals surface area contributed by atoms with Gasteiger partial charge in [0.1, 0.15) is 0 Å². The molecule has 0 saturated carbocycles. The standard InChI is InChI=1S/C11H15N3O/c1-7(12)8-3-4-10-9(5-8)6-14(2)11(15)13-10/h3-5,7H,6,12H2,1-2H3,(H,13,15)/t7-/m0/s1. The summed E-state index contributed by atoms with van der Waals surface area (Å²) in [5, 5.41) is 2.82. The monoisotopic (exact) mass is 205 g/mol. The fourth-order valence-electron chi connectivity index (χ4n) is 1.69. The van der Waals surface area contributed by atoms with Gasteiger partial charge < -0.3 is 16.0 Å². The van der Waals surface area contributed by atoms with E-state index in [2.05, 4.69) is 11.4 Å². The van der Waals surface area contributed by atoms with Gasteiger partial charge in [0.15, 0.2) is 0 Å². The van der Waals surface area contributed by atoms with E-state index in [0.717, 1.165) is 16.8 Å². The van der Waals surface area contributed by atoms with Crippen molar-refractivity contribution >= 4 is 11.7 Å². The third-order valence-corrected chi connectivity index (χ3v) is 2.65. The average molecular weight is 205 g/mol. The molecular formula is C11H15N3O. The molecule has 0 saturated heterocycles. The lowest BCUT2D eigenvalue weighted by Gasteiger charge is -2.26. The van der Waals surface area contributed by atoms with Crippen molar-refractivity contribution < 1.29 is 4.79 Å². The number of nitrogens with one attached hydrogen (secondary N) is 1. The molecule has 80 valence electrons. The first kappa shape index (κ1) is 9.98. The fraction of sp³-hybridized carbons (Fsp3) is 0.364. The van der Waals surface area contributed by atoms with Crippen molar-refractivity contribution in [3.8, 4) is 0 Å². The van der Waals surface area contributed by atoms with Gasteiger partial charge in [-0.15, -0.1) is 0 Å². The molecule has 15 heavy (non-hydrogen) atoms. The molecule has 3 N–H and O–H groups in total. The molecule has 2 rings (SSSR count). The molecule has 0 bridgehead atoms. The van der Waals surface area contributed by atoms with Gasteiger partial charge in [-0.05, 0) is 24.1 Å². The first-order valence-electron chi connectivity index (χ1n) is 4.98. The number of fused-ring (bicyclic) bond motifs is 1. The molecule has 1 aromatic carbocycles. The van der Waals surface area contributed by atoms with E-state index in [1.807, 2.05) is 19.1 Å². The van der Waals surface area contributed by atoms with E-state index in [1.54, 1.807) is 11.9 Å². The Morgan fingerprint density at radius 2 is 2.27 bits per heavy atom. The van der Waals surface area contributed by atoms with E-state index >= 15 is 0 Å². The van der Waals surface area contributed by atoms with Crippen LogP contribution in [0.5, 0.6) is 0 Å². The molecule has 1 aliphatic rings. The van der Waals surface area contributed by atoms with Crippen LogP contribution in [0.3, 0.4) is 0 Å². The molecule has 0 unspecified atom stereocenters. The zero-order valence-corrected chi connectivity index (χ0v) is 8.95. The Hall–Kier alpha value is -1.55. The largest absolute Gasteiger partial charge is 0.324 e. The Morgan fingerprint density at radius 1 is 1.53 bits per heavy atom. The van der Waals surface area contributed by atoms with Gasteiger partial charge in [-0.3, -0.25) is 0 Å². The number of hydrogen-bond donors (Lipinski definition) is 2. The Kier molecular flexibility index (Phi) is 2.36. The maximum atomic E-state index is 11.4. The SMILES string of the molecule is C[C@H](N)c1ccc2c(c1)CN(C)C(=O)N2. The summed E-state index contributed by atoms with van der Waals surface area (Å²) in [5.74, 6) is 0. The van der Waals surface area contributed by atoms with Crippen LogP contribution in [0, 0.1) is 0 Å². The predicted molar refractivity (Wildman–Crippen MR) is 59.5 cm³/mol. The molecule has 0 aliphatic carbocycles. The van der Waals surface area contributed by atoms with E-state index in [9.17, 15) is 4.79 Å². The highest BCUT2D eigenvalue weighted by atomic mass is 16.2. The highest BCUT2D eigenvalue weighted by molar-refractivity contribution is 5.92. The summed E-state index contributed by atoms with van der Waals surface area (Å²) in [6.45, 7) is 2.59. The summed E-state index contributed by atoms with van der Waals surface area (Å²) in [5.41, 5.74) is 8.91. The van der Waals surface area contributed by atoms with Crippen molar-refractivity contribution in [2.45, 2.75) is 19.5 Å². The third-order valence-electron chi connectivity index (χ3n) is 2.65. The molecule has 0 fully saturated rings. The van der Waals surface area contributed by atoms with Gasteiger partial charge in [-0.25, -0.2) is 4.79 Å². The van der Waals surface area contributed by atoms with Gasteiger partial charge >= 0.3 is 6.03 Å². The summed E-state index contributed by atoms with van der Waals surface area (Å²) >= 11 is 0. The molecule has 1 aromatic rings. The van der Waals surface area contributed by atoms with Crippen molar-refractivity contribution in [2.24, 2.45) is 5.73 Å². The number of carbonyl (C=O) groups excluding carboxylic acids is 1. The molecule has 0 spiro atoms. The summed E-state index contributed by atoms with van der Waals surface area (Å²) < 4.78 is 0. The average Bonchev–Trinajstić information content (AvgIpc) is 2.19. The van der Waals surface area contributed by atoms with Crippen molar-refractivity contribution in [1.82, 2.24) is 4.90 Å². The summed E-state index contributed by atoms with van der Waals surface area (Å²) in [4.78, 5) is 13.0. The van der Waals surface area contributed by atoms with Gasteiger partial charge in [0.25, 0.3) is 0 Å². The first-order valence-corrected chi connectivity index (χ1v) is 4.98. The van der Waals surface area contributed by atoms with Gasteiger partial charge in [-0.1, -0.05) is 12.1 Å². The van der Waals surface area contributed by atoms with Crippen molar-refractivity contribution in [2.75, 3.05) is 12.4 Å². The number of nitrogens with two attached hydrogens (primary N) is 1. The molecule has 0 aromatic heterocycles. The quantitative estimate of drug-likeness (QED) is 0.732. The van der Waals surface area contributed by atoms with Gasteiger partial charge in [0.05, 0.1) is 0 Å². The van der Waals surface area contributed by atoms with E-state index in [4.69, 9.17) is 5.73 Å². The number of rotatable bonds is 1. The van der Waals surface area contributed by atoms with Crippen LogP contribution in [0.2, 0.25) is 0 Å². The Bertz CT molecular complexity index is 401. The molecule has 1 atom stereocenters. The van der Waals surface area contributed by atoms with Crippen LogP contribution in [0.15, 0.2) is 18.2 Å². The van der Waals surface area contributed by atoms with Crippen LogP contribution in [0.1, 0.15) is 24.1 Å². The molecular weight excluding hydrogens is 190 g/mol. The first-order chi connectivity index (χ1) is 7.08. The van der Waals surface area contributed by atoms with Crippen molar-refractivity contribution in [3.63, 3.8) is 0 Å². The molecule has 1 aliphatic heterocycles. The second-order valence-electron chi connectivity index (χ2n) is 3.99. The zero-order valence-electron chi connectivity index (χ0n) is 8.95. The summed E-state index contributed by atoms with van der Waals surface area (Å²) in [6.07, 6.45) is 0. The van der Waals surface area contributed by atoms with Gasteiger partial charge in [-0.2, -0.15) is 0 Å². The van der Waals surface area contributed by atoms with Crippen LogP contribution in [0.25, 0.3) is 0 Å². The van der Waals surface area contributed by atoms with E-state index in [1.165, 1.54) is 0 Å². The minimum absolute atomic E-state index is 0.0261. The second kappa shape index (κ2) is 3.55. The van der Waals surface area contributed by atoms with E-state index in [-0.39, 0.29) is 12.1 Å². The van der Waals surface area contributed by atoms with Gasteiger partial charge in [0, 0.05) is 25.3 Å². The minimum Gasteiger partial charge on any atom is -0.324 e. The summed E-state index contributed by atoms with van der Waals surface area (Å²) in [6, 6.07) is 5.89. The normalized spacial score (nSPS) is 17.0. The highest BCUT2D eigenvalue weighted by Gasteiger charge is 2.19. The van der Waals surface area contributed by atoms with Crippen LogP contribution >= 0.6 is 0 Å². The van der Waals surface area contributed by atoms with E-state index in [0.29, 0.717) is 6.54 Å². The Labute approximate surface area is 89.1 Å². The lowest BCUT2D eigenvalue weighted by molar-refractivity contribution is 0.218. The summed E-state index contributed by atoms with van der Waals surface area (Å²) in [7, 11) is 1.77. The molecule has 0 radical (unpaired) electrons. The van der Waals surface area contributed by atoms with Crippen LogP contribution in [0.4, 0.5) is 10.5 Å². The highest BCUT2D eigenvalue weighted by Crippen LogP contribution is 2.25.